The van der Waals surface area contributed by atoms with Crippen LogP contribution in [0.4, 0.5) is 16.2 Å². The van der Waals surface area contributed by atoms with Crippen LogP contribution >= 0.6 is 12.2 Å². The second-order valence-corrected chi connectivity index (χ2v) is 8.85. The third kappa shape index (κ3) is 4.24. The largest absolute Gasteiger partial charge is 0.335 e. The first-order valence-corrected chi connectivity index (χ1v) is 11.2. The van der Waals surface area contributed by atoms with Crippen LogP contribution in [0, 0.1) is 33.6 Å². The molecule has 0 saturated carbocycles. The van der Waals surface area contributed by atoms with E-state index >= 15 is 0 Å². The third-order valence-electron chi connectivity index (χ3n) is 6.13. The Bertz CT molecular complexity index is 1380. The predicted molar refractivity (Wildman–Crippen MR) is 133 cm³/mol. The maximum Gasteiger partial charge on any atom is 0.335 e. The van der Waals surface area contributed by atoms with E-state index < -0.39 is 41.2 Å². The average molecular weight is 491 g/mol. The van der Waals surface area contributed by atoms with Gasteiger partial charge in [-0.05, 0) is 92.5 Å². The summed E-state index contributed by atoms with van der Waals surface area (Å²) in [6.07, 6.45) is 0.978. The summed E-state index contributed by atoms with van der Waals surface area (Å²) in [5.74, 6) is -4.93. The smallest absolute Gasteiger partial charge is 0.301 e. The number of carbonyl (C=O) groups excluding carboxylic acids is 5. The first kappa shape index (κ1) is 24.0. The van der Waals surface area contributed by atoms with Gasteiger partial charge in [0.2, 0.25) is 11.8 Å². The highest BCUT2D eigenvalue weighted by Gasteiger charge is 2.42. The molecule has 0 bridgehead atoms. The minimum absolute atomic E-state index is 0.107. The fraction of sp³-hybridized carbons (Fsp3) is 0.200. The molecular weight excluding hydrogens is 468 g/mol. The van der Waals surface area contributed by atoms with E-state index in [1.54, 1.807) is 30.3 Å². The molecule has 6 amide bonds. The zero-order chi connectivity index (χ0) is 25.6. The number of hydrogen-bond donors (Lipinski definition) is 2. The number of imide groups is 2. The number of nitrogens with zero attached hydrogens (tertiary/aromatic N) is 2. The molecule has 2 aromatic rings. The van der Waals surface area contributed by atoms with Crippen molar-refractivity contribution in [2.24, 2.45) is 5.92 Å². The standard InChI is InChI=1S/C25H22N4O5S/c1-12-5-7-16(9-14(12)3)28-22(32)18(20(30)26-24(28)34)11-19-21(31)27-25(35)29(23(19)33)17-8-6-13(2)15(4)10-17/h5-11,19H,1-4H3,(H,26,30,34)(H,27,31,35)/b18-11-/t19-/m1/s1. The summed E-state index contributed by atoms with van der Waals surface area (Å²) in [7, 11) is 0. The van der Waals surface area contributed by atoms with Crippen LogP contribution < -0.4 is 20.4 Å². The van der Waals surface area contributed by atoms with E-state index in [-0.39, 0.29) is 10.8 Å². The summed E-state index contributed by atoms with van der Waals surface area (Å²) in [5.41, 5.74) is 3.91. The summed E-state index contributed by atoms with van der Waals surface area (Å²) in [6, 6.07) is 9.29. The van der Waals surface area contributed by atoms with Crippen molar-refractivity contribution in [3.63, 3.8) is 0 Å². The number of aryl methyl sites for hydroxylation is 4. The number of rotatable bonds is 3. The number of thiocarbonyl (C=S) groups is 1. The summed E-state index contributed by atoms with van der Waals surface area (Å²) in [5, 5.41) is 4.45. The number of benzene rings is 2. The number of nitrogens with one attached hydrogen (secondary N) is 2. The number of carbonyl (C=O) groups is 5. The minimum Gasteiger partial charge on any atom is -0.301 e. The Balaban J connectivity index is 1.72. The Kier molecular flexibility index (Phi) is 6.08. The highest BCUT2D eigenvalue weighted by Crippen LogP contribution is 2.27. The molecule has 35 heavy (non-hydrogen) atoms. The lowest BCUT2D eigenvalue weighted by atomic mass is 9.98. The summed E-state index contributed by atoms with van der Waals surface area (Å²) < 4.78 is 0. The number of anilines is 2. The van der Waals surface area contributed by atoms with Crippen LogP contribution in [0.25, 0.3) is 0 Å². The van der Waals surface area contributed by atoms with Crippen LogP contribution in [-0.4, -0.2) is 34.8 Å². The van der Waals surface area contributed by atoms with Gasteiger partial charge in [-0.2, -0.15) is 0 Å². The number of barbiturate groups is 1. The van der Waals surface area contributed by atoms with Crippen molar-refractivity contribution in [3.05, 3.63) is 70.3 Å². The van der Waals surface area contributed by atoms with Gasteiger partial charge in [0.15, 0.2) is 5.11 Å². The first-order valence-electron chi connectivity index (χ1n) is 10.7. The quantitative estimate of drug-likeness (QED) is 0.296. The first-order chi connectivity index (χ1) is 16.5. The molecule has 2 N–H and O–H groups in total. The zero-order valence-electron chi connectivity index (χ0n) is 19.5. The van der Waals surface area contributed by atoms with Gasteiger partial charge in [0.25, 0.3) is 11.8 Å². The lowest BCUT2D eigenvalue weighted by Gasteiger charge is -2.32. The molecule has 2 aliphatic heterocycles. The molecule has 0 aromatic heterocycles. The third-order valence-corrected chi connectivity index (χ3v) is 6.42. The molecule has 10 heteroatoms. The Morgan fingerprint density at radius 1 is 0.771 bits per heavy atom. The van der Waals surface area contributed by atoms with Gasteiger partial charge in [-0.1, -0.05) is 12.1 Å². The molecule has 2 fully saturated rings. The minimum atomic E-state index is -1.51. The highest BCUT2D eigenvalue weighted by molar-refractivity contribution is 7.80. The summed E-state index contributed by atoms with van der Waals surface area (Å²) in [6.45, 7) is 7.49. The highest BCUT2D eigenvalue weighted by atomic mass is 32.1. The van der Waals surface area contributed by atoms with Gasteiger partial charge < -0.3 is 5.32 Å². The van der Waals surface area contributed by atoms with Crippen LogP contribution in [-0.2, 0) is 19.2 Å². The normalized spacial score (nSPS) is 19.9. The van der Waals surface area contributed by atoms with Crippen molar-refractivity contribution < 1.29 is 24.0 Å². The van der Waals surface area contributed by atoms with E-state index in [9.17, 15) is 24.0 Å². The van der Waals surface area contributed by atoms with Crippen molar-refractivity contribution in [1.82, 2.24) is 10.6 Å². The van der Waals surface area contributed by atoms with Crippen molar-refractivity contribution >= 4 is 58.4 Å². The van der Waals surface area contributed by atoms with E-state index in [1.807, 2.05) is 33.8 Å². The molecular formula is C25H22N4O5S. The Morgan fingerprint density at radius 3 is 1.86 bits per heavy atom. The van der Waals surface area contributed by atoms with Crippen molar-refractivity contribution in [3.8, 4) is 0 Å². The number of hydrogen-bond acceptors (Lipinski definition) is 6. The predicted octanol–water partition coefficient (Wildman–Crippen LogP) is 2.49. The van der Waals surface area contributed by atoms with Crippen LogP contribution in [0.1, 0.15) is 22.3 Å². The SMILES string of the molecule is Cc1ccc(N2C(=O)NC(=O)/C(=C/[C@@H]3C(=O)NC(=S)N(c4ccc(C)c(C)c4)C3=O)C2=O)cc1C. The topological polar surface area (TPSA) is 116 Å². The van der Waals surface area contributed by atoms with Gasteiger partial charge >= 0.3 is 6.03 Å². The van der Waals surface area contributed by atoms with E-state index in [4.69, 9.17) is 12.2 Å². The molecule has 0 aliphatic carbocycles. The summed E-state index contributed by atoms with van der Waals surface area (Å²) in [4.78, 5) is 66.3. The average Bonchev–Trinajstić information content (AvgIpc) is 2.77. The molecule has 0 radical (unpaired) electrons. The van der Waals surface area contributed by atoms with Gasteiger partial charge in [-0.15, -0.1) is 0 Å². The fourth-order valence-corrected chi connectivity index (χ4v) is 4.09. The Morgan fingerprint density at radius 2 is 1.31 bits per heavy atom. The van der Waals surface area contributed by atoms with Gasteiger partial charge in [-0.3, -0.25) is 29.4 Å². The van der Waals surface area contributed by atoms with Crippen molar-refractivity contribution in [1.29, 1.82) is 0 Å². The molecule has 1 atom stereocenters. The van der Waals surface area contributed by atoms with Crippen LogP contribution in [0.15, 0.2) is 48.0 Å². The second-order valence-electron chi connectivity index (χ2n) is 8.46. The Hall–Kier alpha value is -4.18. The van der Waals surface area contributed by atoms with Crippen LogP contribution in [0.2, 0.25) is 0 Å². The van der Waals surface area contributed by atoms with Crippen LogP contribution in [0.5, 0.6) is 0 Å². The van der Waals surface area contributed by atoms with Gasteiger partial charge in [0.1, 0.15) is 11.5 Å². The molecule has 0 spiro atoms. The maximum atomic E-state index is 13.3. The van der Waals surface area contributed by atoms with Gasteiger partial charge in [0, 0.05) is 0 Å². The van der Waals surface area contributed by atoms with Crippen molar-refractivity contribution in [2.45, 2.75) is 27.7 Å². The van der Waals surface area contributed by atoms with Gasteiger partial charge in [-0.25, -0.2) is 9.69 Å². The molecule has 2 aromatic carbocycles. The molecule has 4 rings (SSSR count). The fourth-order valence-electron chi connectivity index (χ4n) is 3.79. The number of urea groups is 1. The molecule has 2 saturated heterocycles. The van der Waals surface area contributed by atoms with E-state index in [1.165, 1.54) is 0 Å². The zero-order valence-corrected chi connectivity index (χ0v) is 20.3. The lowest BCUT2D eigenvalue weighted by Crippen LogP contribution is -2.59. The second kappa shape index (κ2) is 8.88. The molecule has 2 heterocycles. The monoisotopic (exact) mass is 490 g/mol. The Labute approximate surface area is 206 Å². The molecule has 0 unspecified atom stereocenters. The van der Waals surface area contributed by atoms with Gasteiger partial charge in [0.05, 0.1) is 11.4 Å². The summed E-state index contributed by atoms with van der Waals surface area (Å²) >= 11 is 5.22. The van der Waals surface area contributed by atoms with Crippen LogP contribution in [0.3, 0.4) is 0 Å². The molecule has 9 nitrogen and oxygen atoms in total. The van der Waals surface area contributed by atoms with E-state index in [2.05, 4.69) is 10.6 Å². The maximum absolute atomic E-state index is 13.3. The molecule has 2 aliphatic rings. The molecule has 178 valence electrons. The number of amides is 6. The van der Waals surface area contributed by atoms with E-state index in [0.717, 1.165) is 38.1 Å². The van der Waals surface area contributed by atoms with E-state index in [0.29, 0.717) is 5.69 Å². The lowest BCUT2D eigenvalue weighted by molar-refractivity contribution is -0.131. The van der Waals surface area contributed by atoms with Crippen molar-refractivity contribution in [2.75, 3.05) is 9.80 Å².